The number of carbonyl (C=O) groups excluding carboxylic acids is 2. The number of carbonyl (C=O) groups is 2. The van der Waals surface area contributed by atoms with Crippen LogP contribution in [0.1, 0.15) is 18.7 Å². The molecule has 2 aromatic heterocycles. The summed E-state index contributed by atoms with van der Waals surface area (Å²) in [6.45, 7) is 0.367. The molecular weight excluding hydrogens is 370 g/mol. The predicted octanol–water partition coefficient (Wildman–Crippen LogP) is 1.68. The lowest BCUT2D eigenvalue weighted by molar-refractivity contribution is -0.138. The van der Waals surface area contributed by atoms with Gasteiger partial charge >= 0.3 is 0 Å². The van der Waals surface area contributed by atoms with E-state index in [1.54, 1.807) is 30.4 Å². The first-order valence-electron chi connectivity index (χ1n) is 9.65. The maximum atomic E-state index is 12.9. The summed E-state index contributed by atoms with van der Waals surface area (Å²) in [7, 11) is 1.58. The molecule has 29 heavy (non-hydrogen) atoms. The molecule has 1 fully saturated rings. The number of para-hydroxylation sites is 2. The Bertz CT molecular complexity index is 971. The highest BCUT2D eigenvalue weighted by molar-refractivity contribution is 5.88. The summed E-state index contributed by atoms with van der Waals surface area (Å²) in [5.41, 5.74) is 1.83. The fourth-order valence-electron chi connectivity index (χ4n) is 3.68. The van der Waals surface area contributed by atoms with Gasteiger partial charge in [0.25, 0.3) is 0 Å². The van der Waals surface area contributed by atoms with Gasteiger partial charge in [-0.15, -0.1) is 0 Å². The minimum absolute atomic E-state index is 0.0867. The normalized spacial score (nSPS) is 18.7. The van der Waals surface area contributed by atoms with E-state index < -0.39 is 6.04 Å². The van der Waals surface area contributed by atoms with Crippen LogP contribution in [0.5, 0.6) is 5.75 Å². The van der Waals surface area contributed by atoms with Gasteiger partial charge in [0.05, 0.1) is 23.8 Å². The Balaban J connectivity index is 1.42. The quantitative estimate of drug-likeness (QED) is 0.664. The van der Waals surface area contributed by atoms with Gasteiger partial charge in [-0.25, -0.2) is 4.98 Å². The number of hydrogen-bond acceptors (Lipinski definition) is 5. The largest absolute Gasteiger partial charge is 0.487 e. The summed E-state index contributed by atoms with van der Waals surface area (Å²) >= 11 is 0. The number of aryl methyl sites for hydroxylation is 1. The fraction of sp³-hybridized carbons (Fsp3) is 0.333. The number of rotatable bonds is 6. The zero-order valence-electron chi connectivity index (χ0n) is 16.2. The van der Waals surface area contributed by atoms with E-state index in [2.05, 4.69) is 20.3 Å². The predicted molar refractivity (Wildman–Crippen MR) is 107 cm³/mol. The molecule has 0 aliphatic carbocycles. The van der Waals surface area contributed by atoms with E-state index in [0.29, 0.717) is 25.1 Å². The SMILES string of the molecule is CNC(=O)[C@@H]1C[C@H](Oc2cccnc2)CN1C(=O)CCc1nc2ccccc2[nH]1. The number of likely N-dealkylation sites (tertiary alicyclic amines) is 1. The number of likely N-dealkylation sites (N-methyl/N-ethyl adjacent to an activating group) is 1. The van der Waals surface area contributed by atoms with E-state index in [0.717, 1.165) is 16.9 Å². The molecule has 8 heteroatoms. The third kappa shape index (κ3) is 4.21. The fourth-order valence-corrected chi connectivity index (χ4v) is 3.68. The number of fused-ring (bicyclic) bond motifs is 1. The number of benzene rings is 1. The number of aromatic nitrogens is 3. The Hall–Kier alpha value is -3.42. The highest BCUT2D eigenvalue weighted by atomic mass is 16.5. The first-order valence-corrected chi connectivity index (χ1v) is 9.65. The Labute approximate surface area is 168 Å². The van der Waals surface area contributed by atoms with Crippen molar-refractivity contribution in [2.75, 3.05) is 13.6 Å². The molecule has 3 aromatic rings. The lowest BCUT2D eigenvalue weighted by atomic mass is 10.1. The summed E-state index contributed by atoms with van der Waals surface area (Å²) in [5.74, 6) is 1.12. The number of imidazole rings is 1. The molecule has 1 aliphatic rings. The van der Waals surface area contributed by atoms with Crippen molar-refractivity contribution in [2.24, 2.45) is 0 Å². The molecule has 1 aliphatic heterocycles. The van der Waals surface area contributed by atoms with Crippen LogP contribution in [0.15, 0.2) is 48.8 Å². The molecule has 2 atom stereocenters. The summed E-state index contributed by atoms with van der Waals surface area (Å²) in [6.07, 6.45) is 4.25. The number of hydrogen-bond donors (Lipinski definition) is 2. The van der Waals surface area contributed by atoms with Crippen molar-refractivity contribution < 1.29 is 14.3 Å². The van der Waals surface area contributed by atoms with Crippen molar-refractivity contribution in [1.29, 1.82) is 0 Å². The Morgan fingerprint density at radius 1 is 1.28 bits per heavy atom. The second-order valence-corrected chi connectivity index (χ2v) is 7.04. The Kier molecular flexibility index (Phi) is 5.41. The third-order valence-corrected chi connectivity index (χ3v) is 5.08. The molecule has 0 radical (unpaired) electrons. The van der Waals surface area contributed by atoms with Gasteiger partial charge in [-0.1, -0.05) is 12.1 Å². The van der Waals surface area contributed by atoms with Crippen LogP contribution in [0.2, 0.25) is 0 Å². The van der Waals surface area contributed by atoms with Gasteiger partial charge in [0, 0.05) is 32.5 Å². The summed E-state index contributed by atoms with van der Waals surface area (Å²) in [6, 6.07) is 10.8. The van der Waals surface area contributed by atoms with Gasteiger partial charge in [-0.05, 0) is 24.3 Å². The van der Waals surface area contributed by atoms with Crippen LogP contribution in [0.25, 0.3) is 11.0 Å². The van der Waals surface area contributed by atoms with Crippen LogP contribution in [0.4, 0.5) is 0 Å². The van der Waals surface area contributed by atoms with Crippen LogP contribution < -0.4 is 10.1 Å². The van der Waals surface area contributed by atoms with Gasteiger partial charge in [0.15, 0.2) is 0 Å². The van der Waals surface area contributed by atoms with Gasteiger partial charge in [-0.2, -0.15) is 0 Å². The molecule has 150 valence electrons. The maximum Gasteiger partial charge on any atom is 0.242 e. The molecular formula is C21H23N5O3. The molecule has 3 heterocycles. The average molecular weight is 393 g/mol. The minimum atomic E-state index is -0.537. The molecule has 8 nitrogen and oxygen atoms in total. The standard InChI is InChI=1S/C21H23N5O3/c1-22-21(28)18-11-15(29-14-5-4-10-23-12-14)13-26(18)20(27)9-8-19-24-16-6-2-3-7-17(16)25-19/h2-7,10,12,15,18H,8-9,11,13H2,1H3,(H,22,28)(H,24,25)/t15-,18-/m0/s1. The van der Waals surface area contributed by atoms with E-state index >= 15 is 0 Å². The molecule has 4 rings (SSSR count). The zero-order chi connectivity index (χ0) is 20.2. The van der Waals surface area contributed by atoms with Crippen LogP contribution in [-0.2, 0) is 16.0 Å². The highest BCUT2D eigenvalue weighted by Gasteiger charge is 2.40. The molecule has 2 amide bonds. The first kappa shape index (κ1) is 18.9. The second-order valence-electron chi connectivity index (χ2n) is 7.04. The molecule has 0 unspecified atom stereocenters. The van der Waals surface area contributed by atoms with Gasteiger partial charge in [0.1, 0.15) is 23.7 Å². The molecule has 0 bridgehead atoms. The van der Waals surface area contributed by atoms with Crippen molar-refractivity contribution in [2.45, 2.75) is 31.4 Å². The lowest BCUT2D eigenvalue weighted by Gasteiger charge is -2.22. The first-order chi connectivity index (χ1) is 14.1. The van der Waals surface area contributed by atoms with Crippen molar-refractivity contribution in [1.82, 2.24) is 25.2 Å². The van der Waals surface area contributed by atoms with E-state index in [1.165, 1.54) is 0 Å². The van der Waals surface area contributed by atoms with Gasteiger partial charge in [0.2, 0.25) is 11.8 Å². The lowest BCUT2D eigenvalue weighted by Crippen LogP contribution is -2.45. The molecule has 1 saturated heterocycles. The number of amides is 2. The second kappa shape index (κ2) is 8.30. The number of pyridine rings is 1. The third-order valence-electron chi connectivity index (χ3n) is 5.08. The van der Waals surface area contributed by atoms with Crippen molar-refractivity contribution >= 4 is 22.8 Å². The topological polar surface area (TPSA) is 100 Å². The van der Waals surface area contributed by atoms with Crippen molar-refractivity contribution in [3.8, 4) is 5.75 Å². The number of H-pyrrole nitrogens is 1. The molecule has 0 saturated carbocycles. The highest BCUT2D eigenvalue weighted by Crippen LogP contribution is 2.24. The monoisotopic (exact) mass is 393 g/mol. The number of nitrogens with zero attached hydrogens (tertiary/aromatic N) is 3. The zero-order valence-corrected chi connectivity index (χ0v) is 16.2. The number of ether oxygens (including phenoxy) is 1. The minimum Gasteiger partial charge on any atom is -0.487 e. The van der Waals surface area contributed by atoms with E-state index in [-0.39, 0.29) is 24.3 Å². The van der Waals surface area contributed by atoms with Gasteiger partial charge < -0.3 is 19.9 Å². The molecule has 1 aromatic carbocycles. The van der Waals surface area contributed by atoms with E-state index in [4.69, 9.17) is 4.74 Å². The average Bonchev–Trinajstić information content (AvgIpc) is 3.36. The Morgan fingerprint density at radius 2 is 2.14 bits per heavy atom. The van der Waals surface area contributed by atoms with Crippen LogP contribution in [-0.4, -0.2) is 57.4 Å². The van der Waals surface area contributed by atoms with Crippen LogP contribution >= 0.6 is 0 Å². The van der Waals surface area contributed by atoms with Crippen LogP contribution in [0.3, 0.4) is 0 Å². The summed E-state index contributed by atoms with van der Waals surface area (Å²) in [4.78, 5) is 38.6. The molecule has 2 N–H and O–H groups in total. The van der Waals surface area contributed by atoms with Crippen LogP contribution in [0, 0.1) is 0 Å². The van der Waals surface area contributed by atoms with Crippen molar-refractivity contribution in [3.05, 3.63) is 54.6 Å². The van der Waals surface area contributed by atoms with Crippen molar-refractivity contribution in [3.63, 3.8) is 0 Å². The number of aromatic amines is 1. The van der Waals surface area contributed by atoms with E-state index in [9.17, 15) is 9.59 Å². The maximum absolute atomic E-state index is 12.9. The van der Waals surface area contributed by atoms with Gasteiger partial charge in [-0.3, -0.25) is 14.6 Å². The summed E-state index contributed by atoms with van der Waals surface area (Å²) in [5, 5.41) is 2.65. The molecule has 0 spiro atoms. The number of nitrogens with one attached hydrogen (secondary N) is 2. The Morgan fingerprint density at radius 3 is 2.90 bits per heavy atom. The summed E-state index contributed by atoms with van der Waals surface area (Å²) < 4.78 is 5.93. The van der Waals surface area contributed by atoms with E-state index in [1.807, 2.05) is 30.3 Å². The smallest absolute Gasteiger partial charge is 0.242 e.